The van der Waals surface area contributed by atoms with Gasteiger partial charge in [0.1, 0.15) is 0 Å². The summed E-state index contributed by atoms with van der Waals surface area (Å²) in [6.07, 6.45) is 4.64. The molecule has 0 aromatic carbocycles. The van der Waals surface area contributed by atoms with Crippen molar-refractivity contribution in [1.82, 2.24) is 5.32 Å². The highest BCUT2D eigenvalue weighted by molar-refractivity contribution is 6.59. The third-order valence-corrected chi connectivity index (χ3v) is 5.17. The van der Waals surface area contributed by atoms with Crippen LogP contribution in [0.1, 0.15) is 46.5 Å². The topological polar surface area (TPSA) is 65.7 Å². The zero-order valence-electron chi connectivity index (χ0n) is 13.0. The zero-order chi connectivity index (χ0) is 14.6. The van der Waals surface area contributed by atoms with Crippen LogP contribution in [0.25, 0.3) is 0 Å². The molecular weight excluding hydrogens is 260 g/mol. The largest absolute Gasteiger partial charge is 0.498 e. The van der Waals surface area contributed by atoms with Crippen LogP contribution in [0.5, 0.6) is 0 Å². The van der Waals surface area contributed by atoms with E-state index in [1.165, 1.54) is 12.8 Å². The van der Waals surface area contributed by atoms with Crippen molar-refractivity contribution in [3.8, 4) is 0 Å². The van der Waals surface area contributed by atoms with Gasteiger partial charge in [0.25, 0.3) is 0 Å². The molecule has 3 N–H and O–H groups in total. The molecule has 1 atom stereocenters. The molecule has 0 radical (unpaired) electrons. The molecule has 0 aromatic heterocycles. The van der Waals surface area contributed by atoms with Gasteiger partial charge in [-0.25, -0.2) is 0 Å². The Balaban J connectivity index is 3.77. The molecule has 0 bridgehead atoms. The normalized spacial score (nSPS) is 13.7. The van der Waals surface area contributed by atoms with Gasteiger partial charge in [-0.2, -0.15) is 0 Å². The lowest BCUT2D eigenvalue weighted by Crippen LogP contribution is -2.48. The van der Waals surface area contributed by atoms with E-state index < -0.39 is 8.80 Å². The Labute approximate surface area is 119 Å². The fourth-order valence-corrected chi connectivity index (χ4v) is 3.92. The minimum Gasteiger partial charge on any atom is -0.374 e. The highest BCUT2D eigenvalue weighted by atomic mass is 28.4. The van der Waals surface area contributed by atoms with Crippen LogP contribution in [0.3, 0.4) is 0 Å². The zero-order valence-corrected chi connectivity index (χ0v) is 14.0. The van der Waals surface area contributed by atoms with Crippen LogP contribution in [0.2, 0.25) is 6.55 Å². The molecule has 0 rings (SSSR count). The molecule has 5 nitrogen and oxygen atoms in total. The van der Waals surface area contributed by atoms with Crippen LogP contribution in [0.15, 0.2) is 0 Å². The Hall–Kier alpha value is 0.0169. The number of nitrogens with one attached hydrogen (secondary N) is 1. The third kappa shape index (κ3) is 10.5. The number of unbranched alkanes of at least 4 members (excludes halogenated alkanes) is 3. The summed E-state index contributed by atoms with van der Waals surface area (Å²) in [4.78, 5) is 0. The van der Waals surface area contributed by atoms with E-state index in [4.69, 9.17) is 19.0 Å². The summed E-state index contributed by atoms with van der Waals surface area (Å²) in [6, 6.07) is 0. The Kier molecular flexibility index (Phi) is 11.8. The second kappa shape index (κ2) is 11.8. The lowest BCUT2D eigenvalue weighted by Gasteiger charge is -2.28. The highest BCUT2D eigenvalue weighted by Gasteiger charge is 2.35. The van der Waals surface area contributed by atoms with E-state index in [0.717, 1.165) is 25.9 Å². The molecular formula is C13H32N2O3Si. The first-order chi connectivity index (χ1) is 9.08. The van der Waals surface area contributed by atoms with Gasteiger partial charge in [0.05, 0.1) is 6.23 Å². The molecule has 116 valence electrons. The summed E-state index contributed by atoms with van der Waals surface area (Å²) >= 11 is 0. The molecule has 0 aliphatic rings. The monoisotopic (exact) mass is 292 g/mol. The Morgan fingerprint density at radius 2 is 1.63 bits per heavy atom. The predicted molar refractivity (Wildman–Crippen MR) is 80.9 cm³/mol. The van der Waals surface area contributed by atoms with E-state index in [0.29, 0.717) is 13.2 Å². The van der Waals surface area contributed by atoms with Crippen molar-refractivity contribution in [2.45, 2.75) is 59.2 Å². The van der Waals surface area contributed by atoms with Gasteiger partial charge < -0.3 is 19.0 Å². The summed E-state index contributed by atoms with van der Waals surface area (Å²) in [5, 5.41) is 3.35. The molecule has 0 fully saturated rings. The fraction of sp³-hybridized carbons (Fsp3) is 1.00. The maximum absolute atomic E-state index is 5.91. The van der Waals surface area contributed by atoms with E-state index in [1.54, 1.807) is 0 Å². The van der Waals surface area contributed by atoms with Crippen molar-refractivity contribution in [2.75, 3.05) is 26.3 Å². The lowest BCUT2D eigenvalue weighted by molar-refractivity contribution is 0.0323. The van der Waals surface area contributed by atoms with Crippen LogP contribution < -0.4 is 11.1 Å². The van der Waals surface area contributed by atoms with E-state index in [1.807, 2.05) is 27.3 Å². The summed E-state index contributed by atoms with van der Waals surface area (Å²) < 4.78 is 17.2. The number of hydrogen-bond donors (Lipinski definition) is 2. The standard InChI is InChI=1S/C13H32N2O3Si/c1-5-16-19(4,17-6-2)18-13(3)15-12-10-8-7-9-11-14/h13,15H,5-12,14H2,1-4H3. The van der Waals surface area contributed by atoms with Crippen molar-refractivity contribution in [1.29, 1.82) is 0 Å². The second-order valence-electron chi connectivity index (χ2n) is 4.65. The van der Waals surface area contributed by atoms with Crippen molar-refractivity contribution in [2.24, 2.45) is 5.73 Å². The minimum atomic E-state index is -2.47. The molecule has 0 spiro atoms. The van der Waals surface area contributed by atoms with Gasteiger partial charge in [0, 0.05) is 19.8 Å². The maximum Gasteiger partial charge on any atom is 0.498 e. The van der Waals surface area contributed by atoms with Gasteiger partial charge in [-0.05, 0) is 46.7 Å². The third-order valence-electron chi connectivity index (χ3n) is 2.77. The van der Waals surface area contributed by atoms with Gasteiger partial charge in [-0.15, -0.1) is 0 Å². The SMILES string of the molecule is CCO[Si](C)(OCC)OC(C)NCCCCCCN. The van der Waals surface area contributed by atoms with Crippen LogP contribution in [-0.2, 0) is 13.3 Å². The van der Waals surface area contributed by atoms with Gasteiger partial charge >= 0.3 is 8.80 Å². The molecule has 0 aliphatic carbocycles. The highest BCUT2D eigenvalue weighted by Crippen LogP contribution is 2.11. The van der Waals surface area contributed by atoms with Gasteiger partial charge in [-0.3, -0.25) is 5.32 Å². The number of nitrogens with two attached hydrogens (primary N) is 1. The van der Waals surface area contributed by atoms with E-state index >= 15 is 0 Å². The van der Waals surface area contributed by atoms with Gasteiger partial charge in [0.2, 0.25) is 0 Å². The van der Waals surface area contributed by atoms with E-state index in [2.05, 4.69) is 5.32 Å². The minimum absolute atomic E-state index is 0.0377. The molecule has 0 saturated carbocycles. The second-order valence-corrected chi connectivity index (χ2v) is 7.18. The average Bonchev–Trinajstić information content (AvgIpc) is 2.33. The summed E-state index contributed by atoms with van der Waals surface area (Å²) in [6.45, 7) is 10.9. The summed E-state index contributed by atoms with van der Waals surface area (Å²) in [5.74, 6) is 0. The molecule has 0 aliphatic heterocycles. The first-order valence-corrected chi connectivity index (χ1v) is 9.69. The summed E-state index contributed by atoms with van der Waals surface area (Å²) in [7, 11) is -2.47. The number of rotatable bonds is 13. The van der Waals surface area contributed by atoms with Gasteiger partial charge in [0.15, 0.2) is 0 Å². The smallest absolute Gasteiger partial charge is 0.374 e. The molecule has 0 saturated heterocycles. The molecule has 19 heavy (non-hydrogen) atoms. The van der Waals surface area contributed by atoms with Crippen LogP contribution in [0.4, 0.5) is 0 Å². The Bertz CT molecular complexity index is 202. The molecule has 0 heterocycles. The van der Waals surface area contributed by atoms with E-state index in [9.17, 15) is 0 Å². The lowest BCUT2D eigenvalue weighted by atomic mass is 10.2. The molecule has 0 aromatic rings. The molecule has 6 heteroatoms. The molecule has 0 amide bonds. The Morgan fingerprint density at radius 3 is 2.16 bits per heavy atom. The first kappa shape index (κ1) is 19.0. The fourth-order valence-electron chi connectivity index (χ4n) is 1.93. The number of hydrogen-bond acceptors (Lipinski definition) is 5. The van der Waals surface area contributed by atoms with Crippen LogP contribution in [-0.4, -0.2) is 41.3 Å². The van der Waals surface area contributed by atoms with Crippen molar-refractivity contribution in [3.05, 3.63) is 0 Å². The van der Waals surface area contributed by atoms with Crippen molar-refractivity contribution in [3.63, 3.8) is 0 Å². The first-order valence-electron chi connectivity index (χ1n) is 7.47. The Morgan fingerprint density at radius 1 is 1.05 bits per heavy atom. The average molecular weight is 292 g/mol. The summed E-state index contributed by atoms with van der Waals surface area (Å²) in [5.41, 5.74) is 5.46. The molecule has 1 unspecified atom stereocenters. The van der Waals surface area contributed by atoms with E-state index in [-0.39, 0.29) is 6.23 Å². The maximum atomic E-state index is 5.91. The predicted octanol–water partition coefficient (Wildman–Crippen LogP) is 2.10. The van der Waals surface area contributed by atoms with Crippen LogP contribution >= 0.6 is 0 Å². The van der Waals surface area contributed by atoms with Crippen molar-refractivity contribution < 1.29 is 13.3 Å². The van der Waals surface area contributed by atoms with Crippen LogP contribution in [0, 0.1) is 0 Å². The van der Waals surface area contributed by atoms with Gasteiger partial charge in [-0.1, -0.05) is 12.8 Å². The van der Waals surface area contributed by atoms with Crippen molar-refractivity contribution >= 4 is 8.80 Å². The quantitative estimate of drug-likeness (QED) is 0.309.